The topological polar surface area (TPSA) is 83.4 Å². The Hall–Kier alpha value is -3.84. The third kappa shape index (κ3) is 4.11. The van der Waals surface area contributed by atoms with Gasteiger partial charge in [-0.25, -0.2) is 4.98 Å². The molecule has 0 spiro atoms. The van der Waals surface area contributed by atoms with Gasteiger partial charge >= 0.3 is 5.91 Å². The number of thiazole rings is 1. The predicted molar refractivity (Wildman–Crippen MR) is 150 cm³/mol. The van der Waals surface area contributed by atoms with Gasteiger partial charge in [-0.1, -0.05) is 56.4 Å². The van der Waals surface area contributed by atoms with Crippen molar-refractivity contribution in [3.8, 4) is 0 Å². The number of rotatable bonds is 3. The number of aromatic nitrogens is 2. The Morgan fingerprint density at radius 3 is 2.55 bits per heavy atom. The van der Waals surface area contributed by atoms with Crippen molar-refractivity contribution in [2.75, 3.05) is 4.90 Å². The van der Waals surface area contributed by atoms with Gasteiger partial charge in [0, 0.05) is 18.0 Å². The van der Waals surface area contributed by atoms with Gasteiger partial charge < -0.3 is 5.11 Å². The molecule has 1 atom stereocenters. The van der Waals surface area contributed by atoms with E-state index in [-0.39, 0.29) is 16.7 Å². The Morgan fingerprint density at radius 2 is 1.82 bits per heavy atom. The van der Waals surface area contributed by atoms with Crippen LogP contribution in [0.5, 0.6) is 0 Å². The molecule has 1 aliphatic carbocycles. The van der Waals surface area contributed by atoms with Gasteiger partial charge in [-0.3, -0.25) is 19.5 Å². The van der Waals surface area contributed by atoms with Crippen LogP contribution in [0.4, 0.5) is 5.13 Å². The first-order valence-electron chi connectivity index (χ1n) is 13.0. The molecule has 6 rings (SSSR count). The normalized spacial score (nSPS) is 19.2. The lowest BCUT2D eigenvalue weighted by Gasteiger charge is -2.23. The Bertz CT molecular complexity index is 1610. The molecule has 4 aromatic rings. The fourth-order valence-electron chi connectivity index (χ4n) is 5.40. The highest BCUT2D eigenvalue weighted by Gasteiger charge is 2.48. The molecular weight excluding hydrogens is 494 g/mol. The quantitative estimate of drug-likeness (QED) is 0.188. The number of pyridine rings is 1. The van der Waals surface area contributed by atoms with E-state index in [0.717, 1.165) is 35.9 Å². The van der Waals surface area contributed by atoms with Crippen LogP contribution in [0.1, 0.15) is 67.5 Å². The van der Waals surface area contributed by atoms with Gasteiger partial charge in [0.2, 0.25) is 0 Å². The second kappa shape index (κ2) is 9.17. The van der Waals surface area contributed by atoms with Crippen molar-refractivity contribution < 1.29 is 14.7 Å². The number of aliphatic hydroxyl groups is 1. The molecule has 7 heteroatoms. The van der Waals surface area contributed by atoms with E-state index >= 15 is 0 Å². The van der Waals surface area contributed by atoms with E-state index in [1.807, 2.05) is 30.3 Å². The molecule has 0 bridgehead atoms. The van der Waals surface area contributed by atoms with Crippen LogP contribution in [0.15, 0.2) is 66.5 Å². The molecule has 0 radical (unpaired) electrons. The van der Waals surface area contributed by atoms with Crippen molar-refractivity contribution in [3.63, 3.8) is 0 Å². The molecule has 1 amide bonds. The number of amides is 1. The lowest BCUT2D eigenvalue weighted by molar-refractivity contribution is -0.132. The van der Waals surface area contributed by atoms with Crippen molar-refractivity contribution in [3.05, 3.63) is 94.3 Å². The molecule has 1 unspecified atom stereocenters. The first-order valence-corrected chi connectivity index (χ1v) is 13.8. The highest BCUT2D eigenvalue weighted by molar-refractivity contribution is 7.22. The van der Waals surface area contributed by atoms with Crippen LogP contribution in [0.3, 0.4) is 0 Å². The molecule has 2 aliphatic rings. The maximum Gasteiger partial charge on any atom is 0.301 e. The smallest absolute Gasteiger partial charge is 0.301 e. The number of anilines is 1. The fourth-order valence-corrected chi connectivity index (χ4v) is 6.43. The monoisotopic (exact) mass is 523 g/mol. The SMILES string of the molecule is CC(C)(C)c1ccc2nc(N3C(=O)C(=O)/C(=C(/O)c4ccc5c(c4)CCCC5)C3c3cccnc3)sc2c1. The molecule has 2 aromatic heterocycles. The zero-order chi connectivity index (χ0) is 26.6. The summed E-state index contributed by atoms with van der Waals surface area (Å²) in [6.45, 7) is 6.45. The zero-order valence-electron chi connectivity index (χ0n) is 21.7. The number of carbonyl (C=O) groups is 2. The highest BCUT2D eigenvalue weighted by atomic mass is 32.1. The van der Waals surface area contributed by atoms with Crippen LogP contribution in [-0.4, -0.2) is 26.8 Å². The molecule has 38 heavy (non-hydrogen) atoms. The van der Waals surface area contributed by atoms with E-state index in [9.17, 15) is 14.7 Å². The zero-order valence-corrected chi connectivity index (χ0v) is 22.5. The van der Waals surface area contributed by atoms with Crippen molar-refractivity contribution >= 4 is 44.1 Å². The summed E-state index contributed by atoms with van der Waals surface area (Å²) in [5.41, 5.74) is 5.62. The molecule has 2 aromatic carbocycles. The summed E-state index contributed by atoms with van der Waals surface area (Å²) < 4.78 is 0.939. The van der Waals surface area contributed by atoms with Gasteiger partial charge in [-0.2, -0.15) is 0 Å². The fraction of sp³-hybridized carbons (Fsp3) is 0.290. The molecule has 1 N–H and O–H groups in total. The minimum Gasteiger partial charge on any atom is -0.507 e. The van der Waals surface area contributed by atoms with E-state index < -0.39 is 17.7 Å². The maximum absolute atomic E-state index is 13.5. The second-order valence-electron chi connectivity index (χ2n) is 11.1. The number of carbonyl (C=O) groups excluding carboxylic acids is 2. The molecule has 6 nitrogen and oxygen atoms in total. The van der Waals surface area contributed by atoms with Gasteiger partial charge in [0.05, 0.1) is 21.8 Å². The van der Waals surface area contributed by atoms with Crippen LogP contribution >= 0.6 is 11.3 Å². The Labute approximate surface area is 225 Å². The highest BCUT2D eigenvalue weighted by Crippen LogP contribution is 2.44. The lowest BCUT2D eigenvalue weighted by atomic mass is 9.87. The molecular formula is C31H29N3O3S. The molecule has 0 saturated carbocycles. The standard InChI is InChI=1S/C31H29N3O3S/c1-31(2,3)22-12-13-23-24(16-22)38-30(33-23)34-26(21-9-6-14-32-17-21)25(28(36)29(34)37)27(35)20-11-10-18-7-4-5-8-19(18)15-20/h6,9-17,26,35H,4-5,7-8H2,1-3H3/b27-25+. The van der Waals surface area contributed by atoms with Crippen molar-refractivity contribution in [1.82, 2.24) is 9.97 Å². The first kappa shape index (κ1) is 24.5. The number of aliphatic hydroxyl groups excluding tert-OH is 1. The predicted octanol–water partition coefficient (Wildman–Crippen LogP) is 6.49. The summed E-state index contributed by atoms with van der Waals surface area (Å²) in [7, 11) is 0. The van der Waals surface area contributed by atoms with E-state index in [2.05, 4.69) is 37.9 Å². The van der Waals surface area contributed by atoms with Crippen molar-refractivity contribution in [2.24, 2.45) is 0 Å². The molecule has 1 saturated heterocycles. The van der Waals surface area contributed by atoms with Crippen LogP contribution in [0.25, 0.3) is 16.0 Å². The number of nitrogens with zero attached hydrogens (tertiary/aromatic N) is 3. The number of aryl methyl sites for hydroxylation is 2. The van der Waals surface area contributed by atoms with Crippen LogP contribution in [0, 0.1) is 0 Å². The van der Waals surface area contributed by atoms with Crippen LogP contribution < -0.4 is 4.90 Å². The average Bonchev–Trinajstić information content (AvgIpc) is 3.45. The second-order valence-corrected chi connectivity index (χ2v) is 12.1. The Balaban J connectivity index is 1.51. The van der Waals surface area contributed by atoms with Crippen LogP contribution in [0.2, 0.25) is 0 Å². The Kier molecular flexibility index (Phi) is 5.91. The number of Topliss-reactive ketones (excluding diaryl/α,β-unsaturated/α-hetero) is 1. The third-order valence-corrected chi connectivity index (χ3v) is 8.53. The molecule has 192 valence electrons. The maximum atomic E-state index is 13.5. The number of ketones is 1. The summed E-state index contributed by atoms with van der Waals surface area (Å²) >= 11 is 1.37. The average molecular weight is 524 g/mol. The van der Waals surface area contributed by atoms with Crippen LogP contribution in [-0.2, 0) is 27.8 Å². The molecule has 1 fully saturated rings. The minimum atomic E-state index is -0.831. The van der Waals surface area contributed by atoms with E-state index in [0.29, 0.717) is 16.3 Å². The summed E-state index contributed by atoms with van der Waals surface area (Å²) in [5.74, 6) is -1.58. The number of hydrogen-bond donors (Lipinski definition) is 1. The largest absolute Gasteiger partial charge is 0.507 e. The summed E-state index contributed by atoms with van der Waals surface area (Å²) in [5, 5.41) is 11.9. The van der Waals surface area contributed by atoms with Crippen molar-refractivity contribution in [2.45, 2.75) is 57.9 Å². The number of benzene rings is 2. The molecule has 3 heterocycles. The lowest BCUT2D eigenvalue weighted by Crippen LogP contribution is -2.29. The number of fused-ring (bicyclic) bond motifs is 2. The van der Waals surface area contributed by atoms with Gasteiger partial charge in [0.1, 0.15) is 5.76 Å². The van der Waals surface area contributed by atoms with Gasteiger partial charge in [-0.15, -0.1) is 0 Å². The minimum absolute atomic E-state index is 0.0351. The third-order valence-electron chi connectivity index (χ3n) is 7.52. The Morgan fingerprint density at radius 1 is 1.03 bits per heavy atom. The van der Waals surface area contributed by atoms with E-state index in [1.165, 1.54) is 32.9 Å². The summed E-state index contributed by atoms with van der Waals surface area (Å²) in [4.78, 5) is 37.5. The first-order chi connectivity index (χ1) is 18.2. The van der Waals surface area contributed by atoms with Gasteiger partial charge in [-0.05, 0) is 77.6 Å². The summed E-state index contributed by atoms with van der Waals surface area (Å²) in [6, 6.07) is 14.7. The van der Waals surface area contributed by atoms with Gasteiger partial charge in [0.15, 0.2) is 5.13 Å². The van der Waals surface area contributed by atoms with E-state index in [4.69, 9.17) is 4.98 Å². The molecule has 1 aliphatic heterocycles. The summed E-state index contributed by atoms with van der Waals surface area (Å²) in [6.07, 6.45) is 7.50. The van der Waals surface area contributed by atoms with E-state index in [1.54, 1.807) is 18.5 Å². The van der Waals surface area contributed by atoms with Gasteiger partial charge in [0.25, 0.3) is 5.78 Å². The van der Waals surface area contributed by atoms with Crippen molar-refractivity contribution in [1.29, 1.82) is 0 Å². The number of hydrogen-bond acceptors (Lipinski definition) is 6.